The lowest BCUT2D eigenvalue weighted by molar-refractivity contribution is -0.116. The monoisotopic (exact) mass is 400 g/mol. The molecule has 0 fully saturated rings. The van der Waals surface area contributed by atoms with Gasteiger partial charge in [-0.05, 0) is 42.1 Å². The predicted molar refractivity (Wildman–Crippen MR) is 112 cm³/mol. The SMILES string of the molecule is CCCC(=O)Nc1ccc(NC(=O)c2cccc3c(Cl)cccc23)cc1Cl. The zero-order chi connectivity index (χ0) is 19.4. The molecule has 0 saturated carbocycles. The maximum atomic E-state index is 12.7. The average Bonchev–Trinajstić information content (AvgIpc) is 2.64. The predicted octanol–water partition coefficient (Wildman–Crippen LogP) is 6.14. The molecule has 0 heterocycles. The first-order valence-electron chi connectivity index (χ1n) is 8.57. The Morgan fingerprint density at radius 2 is 1.63 bits per heavy atom. The molecule has 4 nitrogen and oxygen atoms in total. The maximum Gasteiger partial charge on any atom is 0.256 e. The maximum absolute atomic E-state index is 12.7. The Kier molecular flexibility index (Phi) is 5.99. The fraction of sp³-hybridized carbons (Fsp3) is 0.143. The zero-order valence-corrected chi connectivity index (χ0v) is 16.2. The van der Waals surface area contributed by atoms with E-state index in [-0.39, 0.29) is 11.8 Å². The van der Waals surface area contributed by atoms with E-state index in [9.17, 15) is 9.59 Å². The number of hydrogen-bond acceptors (Lipinski definition) is 2. The van der Waals surface area contributed by atoms with E-state index in [1.807, 2.05) is 25.1 Å². The first kappa shape index (κ1) is 19.2. The van der Waals surface area contributed by atoms with Crippen LogP contribution in [0.5, 0.6) is 0 Å². The Labute approximate surface area is 167 Å². The van der Waals surface area contributed by atoms with Crippen LogP contribution in [0.4, 0.5) is 11.4 Å². The van der Waals surface area contributed by atoms with Gasteiger partial charge >= 0.3 is 0 Å². The van der Waals surface area contributed by atoms with Crippen molar-refractivity contribution >= 4 is 57.2 Å². The molecule has 2 amide bonds. The van der Waals surface area contributed by atoms with Gasteiger partial charge in [0, 0.05) is 28.1 Å². The third-order valence-corrected chi connectivity index (χ3v) is 4.73. The molecule has 2 N–H and O–H groups in total. The van der Waals surface area contributed by atoms with Crippen LogP contribution in [0.15, 0.2) is 54.6 Å². The number of anilines is 2. The Hall–Kier alpha value is -2.56. The molecule has 138 valence electrons. The molecule has 0 unspecified atom stereocenters. The summed E-state index contributed by atoms with van der Waals surface area (Å²) >= 11 is 12.4. The second-order valence-electron chi connectivity index (χ2n) is 6.09. The number of rotatable bonds is 5. The number of benzene rings is 3. The molecular formula is C21H18Cl2N2O2. The largest absolute Gasteiger partial charge is 0.325 e. The van der Waals surface area contributed by atoms with Gasteiger partial charge < -0.3 is 10.6 Å². The molecule has 0 saturated heterocycles. The topological polar surface area (TPSA) is 58.2 Å². The van der Waals surface area contributed by atoms with Crippen molar-refractivity contribution in [1.82, 2.24) is 0 Å². The minimum absolute atomic E-state index is 0.0937. The fourth-order valence-corrected chi connectivity index (χ4v) is 3.27. The van der Waals surface area contributed by atoms with Crippen LogP contribution in [-0.2, 0) is 4.79 Å². The van der Waals surface area contributed by atoms with Gasteiger partial charge in [-0.15, -0.1) is 0 Å². The highest BCUT2D eigenvalue weighted by Gasteiger charge is 2.13. The second-order valence-corrected chi connectivity index (χ2v) is 6.90. The van der Waals surface area contributed by atoms with Crippen LogP contribution in [0.2, 0.25) is 10.0 Å². The van der Waals surface area contributed by atoms with Crippen LogP contribution in [0.3, 0.4) is 0 Å². The molecule has 3 aromatic carbocycles. The van der Waals surface area contributed by atoms with Gasteiger partial charge in [0.2, 0.25) is 5.91 Å². The van der Waals surface area contributed by atoms with Crippen LogP contribution in [0.25, 0.3) is 10.8 Å². The van der Waals surface area contributed by atoms with Crippen LogP contribution in [0.1, 0.15) is 30.1 Å². The van der Waals surface area contributed by atoms with Crippen molar-refractivity contribution in [2.45, 2.75) is 19.8 Å². The van der Waals surface area contributed by atoms with E-state index < -0.39 is 0 Å². The van der Waals surface area contributed by atoms with Gasteiger partial charge in [-0.25, -0.2) is 0 Å². The molecular weight excluding hydrogens is 383 g/mol. The van der Waals surface area contributed by atoms with Gasteiger partial charge in [-0.1, -0.05) is 54.4 Å². The Morgan fingerprint density at radius 3 is 2.37 bits per heavy atom. The number of carbonyl (C=O) groups is 2. The normalized spacial score (nSPS) is 10.6. The van der Waals surface area contributed by atoms with Gasteiger partial charge in [0.05, 0.1) is 10.7 Å². The number of hydrogen-bond donors (Lipinski definition) is 2. The van der Waals surface area contributed by atoms with E-state index in [1.165, 1.54) is 0 Å². The minimum Gasteiger partial charge on any atom is -0.325 e. The lowest BCUT2D eigenvalue weighted by Crippen LogP contribution is -2.13. The van der Waals surface area contributed by atoms with Gasteiger partial charge in [0.25, 0.3) is 5.91 Å². The fourth-order valence-electron chi connectivity index (χ4n) is 2.80. The van der Waals surface area contributed by atoms with Crippen molar-refractivity contribution in [3.8, 4) is 0 Å². The molecule has 0 spiro atoms. The van der Waals surface area contributed by atoms with Crippen molar-refractivity contribution < 1.29 is 9.59 Å². The van der Waals surface area contributed by atoms with Gasteiger partial charge in [-0.3, -0.25) is 9.59 Å². The third kappa shape index (κ3) is 4.41. The highest BCUT2D eigenvalue weighted by atomic mass is 35.5. The van der Waals surface area contributed by atoms with Gasteiger partial charge in [0.1, 0.15) is 0 Å². The summed E-state index contributed by atoms with van der Waals surface area (Å²) in [6.07, 6.45) is 1.19. The Morgan fingerprint density at radius 1 is 0.889 bits per heavy atom. The number of nitrogens with one attached hydrogen (secondary N) is 2. The molecule has 0 aliphatic heterocycles. The summed E-state index contributed by atoms with van der Waals surface area (Å²) in [5, 5.41) is 8.14. The summed E-state index contributed by atoms with van der Waals surface area (Å²) in [6, 6.07) is 15.9. The summed E-state index contributed by atoms with van der Waals surface area (Å²) in [7, 11) is 0. The number of fused-ring (bicyclic) bond motifs is 1. The molecule has 27 heavy (non-hydrogen) atoms. The molecule has 0 aliphatic rings. The Balaban J connectivity index is 1.82. The van der Waals surface area contributed by atoms with E-state index in [0.29, 0.717) is 33.4 Å². The molecule has 0 atom stereocenters. The molecule has 3 aromatic rings. The van der Waals surface area contributed by atoms with E-state index in [0.717, 1.165) is 17.2 Å². The molecule has 0 aromatic heterocycles. The van der Waals surface area contributed by atoms with E-state index in [4.69, 9.17) is 23.2 Å². The standard InChI is InChI=1S/C21H18Cl2N2O2/c1-2-5-20(26)25-19-11-10-13(12-18(19)23)24-21(27)16-8-3-7-15-14(16)6-4-9-17(15)22/h3-4,6-12H,2,5H2,1H3,(H,24,27)(H,25,26). The molecule has 0 aliphatic carbocycles. The zero-order valence-electron chi connectivity index (χ0n) is 14.7. The first-order valence-corrected chi connectivity index (χ1v) is 9.33. The highest BCUT2D eigenvalue weighted by Crippen LogP contribution is 2.28. The van der Waals surface area contributed by atoms with Crippen LogP contribution in [-0.4, -0.2) is 11.8 Å². The van der Waals surface area contributed by atoms with E-state index in [1.54, 1.807) is 36.4 Å². The van der Waals surface area contributed by atoms with Crippen LogP contribution in [0, 0.1) is 0 Å². The minimum atomic E-state index is -0.262. The van der Waals surface area contributed by atoms with E-state index in [2.05, 4.69) is 10.6 Å². The van der Waals surface area contributed by atoms with E-state index >= 15 is 0 Å². The quantitative estimate of drug-likeness (QED) is 0.540. The van der Waals surface area contributed by atoms with Crippen LogP contribution >= 0.6 is 23.2 Å². The summed E-state index contributed by atoms with van der Waals surface area (Å²) in [4.78, 5) is 24.4. The van der Waals surface area contributed by atoms with Crippen molar-refractivity contribution in [1.29, 1.82) is 0 Å². The molecule has 0 radical (unpaired) electrons. The smallest absolute Gasteiger partial charge is 0.256 e. The third-order valence-electron chi connectivity index (χ3n) is 4.09. The van der Waals surface area contributed by atoms with Gasteiger partial charge in [0.15, 0.2) is 0 Å². The summed E-state index contributed by atoms with van der Waals surface area (Å²) in [5.74, 6) is -0.356. The summed E-state index contributed by atoms with van der Waals surface area (Å²) in [5.41, 5.74) is 1.58. The highest BCUT2D eigenvalue weighted by molar-refractivity contribution is 6.36. The first-order chi connectivity index (χ1) is 13.0. The second kappa shape index (κ2) is 8.42. The summed E-state index contributed by atoms with van der Waals surface area (Å²) < 4.78 is 0. The lowest BCUT2D eigenvalue weighted by Gasteiger charge is -2.11. The van der Waals surface area contributed by atoms with Crippen LogP contribution < -0.4 is 10.6 Å². The molecule has 6 heteroatoms. The van der Waals surface area contributed by atoms with Crippen molar-refractivity contribution in [2.24, 2.45) is 0 Å². The Bertz CT molecular complexity index is 1020. The van der Waals surface area contributed by atoms with Crippen molar-refractivity contribution in [2.75, 3.05) is 10.6 Å². The molecule has 0 bridgehead atoms. The number of amides is 2. The van der Waals surface area contributed by atoms with Crippen molar-refractivity contribution in [3.63, 3.8) is 0 Å². The summed E-state index contributed by atoms with van der Waals surface area (Å²) in [6.45, 7) is 1.93. The average molecular weight is 401 g/mol. The lowest BCUT2D eigenvalue weighted by atomic mass is 10.0. The van der Waals surface area contributed by atoms with Gasteiger partial charge in [-0.2, -0.15) is 0 Å². The molecule has 3 rings (SSSR count). The number of carbonyl (C=O) groups excluding carboxylic acids is 2. The number of halogens is 2. The van der Waals surface area contributed by atoms with Crippen molar-refractivity contribution in [3.05, 3.63) is 70.2 Å².